The SMILES string of the molecule is COc1ccc2cc(-c3cn(C)c(=O)c4c3C=CC4)ccc2n1. The molecule has 0 radical (unpaired) electrons. The molecule has 4 heteroatoms. The van der Waals surface area contributed by atoms with Gasteiger partial charge >= 0.3 is 0 Å². The van der Waals surface area contributed by atoms with E-state index in [4.69, 9.17) is 4.74 Å². The third-order valence-electron chi connectivity index (χ3n) is 4.31. The summed E-state index contributed by atoms with van der Waals surface area (Å²) in [5.41, 5.74) is 5.05. The fraction of sp³-hybridized carbons (Fsp3) is 0.158. The van der Waals surface area contributed by atoms with Crippen LogP contribution in [0.1, 0.15) is 11.1 Å². The highest BCUT2D eigenvalue weighted by Gasteiger charge is 2.16. The van der Waals surface area contributed by atoms with Crippen LogP contribution in [0.25, 0.3) is 28.1 Å². The van der Waals surface area contributed by atoms with E-state index in [-0.39, 0.29) is 5.56 Å². The predicted molar refractivity (Wildman–Crippen MR) is 91.7 cm³/mol. The number of pyridine rings is 2. The summed E-state index contributed by atoms with van der Waals surface area (Å²) >= 11 is 0. The first-order valence-electron chi connectivity index (χ1n) is 7.51. The normalized spacial score (nSPS) is 12.6. The van der Waals surface area contributed by atoms with Gasteiger partial charge < -0.3 is 9.30 Å². The largest absolute Gasteiger partial charge is 0.481 e. The molecule has 23 heavy (non-hydrogen) atoms. The lowest BCUT2D eigenvalue weighted by Crippen LogP contribution is -2.21. The number of allylic oxidation sites excluding steroid dienone is 1. The first-order valence-corrected chi connectivity index (χ1v) is 7.51. The van der Waals surface area contributed by atoms with Crippen LogP contribution in [0.2, 0.25) is 0 Å². The van der Waals surface area contributed by atoms with Crippen molar-refractivity contribution in [2.45, 2.75) is 6.42 Å². The van der Waals surface area contributed by atoms with Crippen LogP contribution in [0.15, 0.2) is 47.4 Å². The van der Waals surface area contributed by atoms with E-state index in [0.717, 1.165) is 33.2 Å². The van der Waals surface area contributed by atoms with Crippen molar-refractivity contribution in [3.63, 3.8) is 0 Å². The molecule has 0 bridgehead atoms. The number of methoxy groups -OCH3 is 1. The van der Waals surface area contributed by atoms with Gasteiger partial charge in [-0.05, 0) is 35.7 Å². The number of hydrogen-bond donors (Lipinski definition) is 0. The summed E-state index contributed by atoms with van der Waals surface area (Å²) in [5.74, 6) is 0.608. The topological polar surface area (TPSA) is 44.1 Å². The van der Waals surface area contributed by atoms with E-state index in [1.807, 2.05) is 42.6 Å². The highest BCUT2D eigenvalue weighted by molar-refractivity contribution is 5.87. The van der Waals surface area contributed by atoms with E-state index in [1.54, 1.807) is 18.7 Å². The zero-order chi connectivity index (χ0) is 16.0. The van der Waals surface area contributed by atoms with Crippen LogP contribution in [0, 0.1) is 0 Å². The standard InChI is InChI=1S/C19H16N2O2/c1-21-11-16(14-4-3-5-15(14)19(21)22)12-6-8-17-13(10-12)7-9-18(20-17)23-2/h3-4,6-11H,5H2,1-2H3. The third kappa shape index (κ3) is 2.14. The van der Waals surface area contributed by atoms with Crippen molar-refractivity contribution in [2.24, 2.45) is 7.05 Å². The Hall–Kier alpha value is -2.88. The zero-order valence-corrected chi connectivity index (χ0v) is 13.0. The van der Waals surface area contributed by atoms with Gasteiger partial charge in [0, 0.05) is 35.8 Å². The molecular formula is C19H16N2O2. The number of benzene rings is 1. The molecule has 114 valence electrons. The van der Waals surface area contributed by atoms with E-state index in [2.05, 4.69) is 11.1 Å². The summed E-state index contributed by atoms with van der Waals surface area (Å²) in [4.78, 5) is 16.7. The van der Waals surface area contributed by atoms with Crippen LogP contribution < -0.4 is 10.3 Å². The van der Waals surface area contributed by atoms with E-state index in [0.29, 0.717) is 12.3 Å². The second-order valence-electron chi connectivity index (χ2n) is 5.72. The van der Waals surface area contributed by atoms with Gasteiger partial charge in [-0.2, -0.15) is 0 Å². The molecule has 1 aliphatic carbocycles. The Morgan fingerprint density at radius 3 is 2.91 bits per heavy atom. The van der Waals surface area contributed by atoms with Gasteiger partial charge in [0.25, 0.3) is 5.56 Å². The average molecular weight is 304 g/mol. The van der Waals surface area contributed by atoms with Gasteiger partial charge in [-0.3, -0.25) is 4.79 Å². The second-order valence-corrected chi connectivity index (χ2v) is 5.72. The number of rotatable bonds is 2. The van der Waals surface area contributed by atoms with Crippen molar-refractivity contribution >= 4 is 17.0 Å². The average Bonchev–Trinajstić information content (AvgIpc) is 3.07. The molecule has 0 N–H and O–H groups in total. The summed E-state index contributed by atoms with van der Waals surface area (Å²) in [5, 5.41) is 1.05. The van der Waals surface area contributed by atoms with Crippen molar-refractivity contribution in [2.75, 3.05) is 7.11 Å². The number of fused-ring (bicyclic) bond motifs is 2. The van der Waals surface area contributed by atoms with Gasteiger partial charge in [-0.15, -0.1) is 0 Å². The van der Waals surface area contributed by atoms with Gasteiger partial charge in [0.05, 0.1) is 12.6 Å². The molecule has 4 rings (SSSR count). The minimum atomic E-state index is 0.0842. The van der Waals surface area contributed by atoms with Gasteiger partial charge in [0.15, 0.2) is 0 Å². The highest BCUT2D eigenvalue weighted by Crippen LogP contribution is 2.31. The lowest BCUT2D eigenvalue weighted by atomic mass is 9.98. The summed E-state index contributed by atoms with van der Waals surface area (Å²) in [7, 11) is 3.42. The molecule has 1 aliphatic rings. The van der Waals surface area contributed by atoms with Gasteiger partial charge in [0.1, 0.15) is 0 Å². The number of ether oxygens (including phenoxy) is 1. The second kappa shape index (κ2) is 5.09. The van der Waals surface area contributed by atoms with Crippen LogP contribution >= 0.6 is 0 Å². The smallest absolute Gasteiger partial charge is 0.254 e. The van der Waals surface area contributed by atoms with E-state index in [9.17, 15) is 4.79 Å². The Bertz CT molecular complexity index is 1020. The molecule has 0 unspecified atom stereocenters. The maximum absolute atomic E-state index is 12.2. The quantitative estimate of drug-likeness (QED) is 0.730. The maximum atomic E-state index is 12.2. The van der Waals surface area contributed by atoms with Crippen molar-refractivity contribution in [3.8, 4) is 17.0 Å². The number of hydrogen-bond acceptors (Lipinski definition) is 3. The van der Waals surface area contributed by atoms with Crippen molar-refractivity contribution in [3.05, 3.63) is 64.1 Å². The van der Waals surface area contributed by atoms with Crippen molar-refractivity contribution in [1.82, 2.24) is 9.55 Å². The minimum Gasteiger partial charge on any atom is -0.481 e. The molecule has 4 nitrogen and oxygen atoms in total. The van der Waals surface area contributed by atoms with E-state index < -0.39 is 0 Å². The molecule has 1 aromatic carbocycles. The van der Waals surface area contributed by atoms with Gasteiger partial charge in [0.2, 0.25) is 5.88 Å². The lowest BCUT2D eigenvalue weighted by molar-refractivity contribution is 0.399. The maximum Gasteiger partial charge on any atom is 0.254 e. The van der Waals surface area contributed by atoms with Crippen LogP contribution in [-0.4, -0.2) is 16.7 Å². The van der Waals surface area contributed by atoms with Gasteiger partial charge in [-0.25, -0.2) is 4.98 Å². The van der Waals surface area contributed by atoms with Crippen LogP contribution in [0.4, 0.5) is 0 Å². The van der Waals surface area contributed by atoms with Crippen LogP contribution in [-0.2, 0) is 13.5 Å². The number of nitrogens with zero attached hydrogens (tertiary/aromatic N) is 2. The van der Waals surface area contributed by atoms with E-state index >= 15 is 0 Å². The molecule has 0 fully saturated rings. The monoisotopic (exact) mass is 304 g/mol. The molecule has 2 aromatic heterocycles. The summed E-state index contributed by atoms with van der Waals surface area (Å²) in [6.07, 6.45) is 6.71. The fourth-order valence-electron chi connectivity index (χ4n) is 3.11. The van der Waals surface area contributed by atoms with Crippen molar-refractivity contribution in [1.29, 1.82) is 0 Å². The molecule has 0 saturated carbocycles. The first kappa shape index (κ1) is 13.8. The van der Waals surface area contributed by atoms with Crippen LogP contribution in [0.5, 0.6) is 5.88 Å². The molecular weight excluding hydrogens is 288 g/mol. The summed E-state index contributed by atoms with van der Waals surface area (Å²) in [6, 6.07) is 10.00. The van der Waals surface area contributed by atoms with Gasteiger partial charge in [-0.1, -0.05) is 18.2 Å². The first-order chi connectivity index (χ1) is 11.2. The molecule has 3 aromatic rings. The lowest BCUT2D eigenvalue weighted by Gasteiger charge is -2.11. The molecule has 0 aliphatic heterocycles. The molecule has 2 heterocycles. The fourth-order valence-corrected chi connectivity index (χ4v) is 3.11. The Balaban J connectivity index is 1.93. The summed E-state index contributed by atoms with van der Waals surface area (Å²) < 4.78 is 6.83. The Morgan fingerprint density at radius 1 is 1.22 bits per heavy atom. The minimum absolute atomic E-state index is 0.0842. The zero-order valence-electron chi connectivity index (χ0n) is 13.0. The molecule has 0 atom stereocenters. The number of aryl methyl sites for hydroxylation is 1. The predicted octanol–water partition coefficient (Wildman–Crippen LogP) is 3.18. The van der Waals surface area contributed by atoms with Crippen LogP contribution in [0.3, 0.4) is 0 Å². The van der Waals surface area contributed by atoms with Crippen molar-refractivity contribution < 1.29 is 4.74 Å². The Labute approximate surface area is 133 Å². The number of aromatic nitrogens is 2. The Kier molecular flexibility index (Phi) is 3.05. The molecule has 0 amide bonds. The highest BCUT2D eigenvalue weighted by atomic mass is 16.5. The molecule has 0 saturated heterocycles. The Morgan fingerprint density at radius 2 is 2.09 bits per heavy atom. The molecule has 0 spiro atoms. The van der Waals surface area contributed by atoms with E-state index in [1.165, 1.54) is 0 Å². The summed E-state index contributed by atoms with van der Waals surface area (Å²) in [6.45, 7) is 0. The third-order valence-corrected chi connectivity index (χ3v) is 4.31.